The van der Waals surface area contributed by atoms with Crippen LogP contribution in [-0.4, -0.2) is 7.11 Å². The van der Waals surface area contributed by atoms with Gasteiger partial charge in [0, 0.05) is 5.02 Å². The van der Waals surface area contributed by atoms with Crippen molar-refractivity contribution in [1.29, 1.82) is 0 Å². The Balaban J connectivity index is 1.73. The first kappa shape index (κ1) is 21.7. The molecule has 0 bridgehead atoms. The van der Waals surface area contributed by atoms with Crippen LogP contribution in [0.15, 0.2) is 84.2 Å². The van der Waals surface area contributed by atoms with Crippen molar-refractivity contribution in [2.75, 3.05) is 7.11 Å². The lowest BCUT2D eigenvalue weighted by molar-refractivity contribution is 0.306. The highest BCUT2D eigenvalue weighted by molar-refractivity contribution is 6.30. The van der Waals surface area contributed by atoms with E-state index in [1.807, 2.05) is 72.8 Å². The Labute approximate surface area is 187 Å². The van der Waals surface area contributed by atoms with Crippen molar-refractivity contribution in [3.8, 4) is 11.5 Å². The minimum absolute atomic E-state index is 0.278. The van der Waals surface area contributed by atoms with Gasteiger partial charge in [-0.25, -0.2) is 0 Å². The van der Waals surface area contributed by atoms with Gasteiger partial charge in [-0.15, -0.1) is 0 Å². The predicted octanol–water partition coefficient (Wildman–Crippen LogP) is 7.15. The summed E-state index contributed by atoms with van der Waals surface area (Å²) in [4.78, 5) is 7.10. The normalized spacial score (nSPS) is 11.4. The number of hydrogen-bond acceptors (Lipinski definition) is 2. The Bertz CT molecular complexity index is 1160. The van der Waals surface area contributed by atoms with Crippen LogP contribution < -0.4 is 9.47 Å². The largest absolute Gasteiger partial charge is 0.497 e. The number of methoxy groups -OCH3 is 1. The van der Waals surface area contributed by atoms with Gasteiger partial charge in [0.2, 0.25) is 0 Å². The summed E-state index contributed by atoms with van der Waals surface area (Å²) < 4.78 is 10.9. The molecule has 3 aromatic carbocycles. The third-order valence-corrected chi connectivity index (χ3v) is 4.68. The molecule has 152 valence electrons. The van der Waals surface area contributed by atoms with Crippen molar-refractivity contribution < 1.29 is 9.47 Å². The molecule has 0 saturated carbocycles. The van der Waals surface area contributed by atoms with E-state index in [1.54, 1.807) is 19.3 Å². The first-order valence-electron chi connectivity index (χ1n) is 9.41. The number of ether oxygens (including phenoxy) is 2. The molecule has 0 saturated heterocycles. The van der Waals surface area contributed by atoms with Gasteiger partial charge in [-0.05, 0) is 53.1 Å². The van der Waals surface area contributed by atoms with Crippen molar-refractivity contribution in [2.24, 2.45) is 0 Å². The molecular weight excluding hydrogens is 408 g/mol. The van der Waals surface area contributed by atoms with Crippen molar-refractivity contribution in [1.82, 2.24) is 0 Å². The zero-order chi connectivity index (χ0) is 22.1. The zero-order valence-electron chi connectivity index (χ0n) is 16.9. The molecule has 0 unspecified atom stereocenters. The molecule has 0 radical (unpaired) electrons. The molecule has 0 fully saturated rings. The van der Waals surface area contributed by atoms with E-state index in [0.29, 0.717) is 11.6 Å². The Morgan fingerprint density at radius 1 is 0.774 bits per heavy atom. The van der Waals surface area contributed by atoms with Crippen LogP contribution in [0.1, 0.15) is 16.7 Å². The summed E-state index contributed by atoms with van der Waals surface area (Å²) in [7, 11) is 1.60. The molecule has 0 aliphatic carbocycles. The van der Waals surface area contributed by atoms with Crippen molar-refractivity contribution >= 4 is 23.8 Å². The third-order valence-electron chi connectivity index (χ3n) is 4.42. The summed E-state index contributed by atoms with van der Waals surface area (Å²) in [5, 5.41) is 0.690. The molecule has 4 nitrogen and oxygen atoms in total. The van der Waals surface area contributed by atoms with Crippen molar-refractivity contribution in [3.05, 3.63) is 129 Å². The summed E-state index contributed by atoms with van der Waals surface area (Å²) in [6.45, 7) is 15.4. The van der Waals surface area contributed by atoms with Gasteiger partial charge >= 0.3 is 0 Å². The monoisotopic (exact) mass is 426 g/mol. The number of benzene rings is 3. The highest BCUT2D eigenvalue weighted by atomic mass is 35.5. The van der Waals surface area contributed by atoms with E-state index in [4.69, 9.17) is 34.2 Å². The second kappa shape index (κ2) is 10.7. The summed E-state index contributed by atoms with van der Waals surface area (Å²) in [6, 6.07) is 22.2. The standard InChI is InChI=1S/C26H19ClN2O2/c1-28-25(16-19-6-12-23(30-3)13-7-19)26(29-2)17-20-8-14-24(15-9-20)31-18-21-4-10-22(27)11-5-21/h4-17H,18H2,3H3. The van der Waals surface area contributed by atoms with Crippen molar-refractivity contribution in [3.63, 3.8) is 0 Å². The van der Waals surface area contributed by atoms with Gasteiger partial charge in [-0.1, -0.05) is 60.2 Å². The lowest BCUT2D eigenvalue weighted by Gasteiger charge is -2.07. The molecule has 3 rings (SSSR count). The van der Waals surface area contributed by atoms with Crippen LogP contribution in [0.25, 0.3) is 21.8 Å². The molecule has 5 heteroatoms. The molecule has 0 atom stereocenters. The van der Waals surface area contributed by atoms with Crippen LogP contribution in [0.2, 0.25) is 5.02 Å². The maximum Gasteiger partial charge on any atom is 0.195 e. The molecule has 0 amide bonds. The molecular formula is C26H19ClN2O2. The van der Waals surface area contributed by atoms with Crippen LogP contribution in [0.4, 0.5) is 0 Å². The average Bonchev–Trinajstić information content (AvgIpc) is 2.82. The second-order valence-corrected chi connectivity index (χ2v) is 6.98. The molecule has 3 aromatic rings. The first-order valence-corrected chi connectivity index (χ1v) is 9.79. The number of hydrogen-bond donors (Lipinski definition) is 0. The smallest absolute Gasteiger partial charge is 0.195 e. The van der Waals surface area contributed by atoms with Crippen LogP contribution in [0.5, 0.6) is 11.5 Å². The summed E-state index contributed by atoms with van der Waals surface area (Å²) in [6.07, 6.45) is 3.39. The van der Waals surface area contributed by atoms with E-state index in [0.717, 1.165) is 28.2 Å². The summed E-state index contributed by atoms with van der Waals surface area (Å²) in [5.74, 6) is 1.46. The SMILES string of the molecule is [C-]#[N+]C(=Cc1ccc(OC)cc1)C(=Cc1ccc(OCc2ccc(Cl)cc2)cc1)[N+]#[C-]. The first-order chi connectivity index (χ1) is 15.1. The fourth-order valence-corrected chi connectivity index (χ4v) is 2.88. The fraction of sp³-hybridized carbons (Fsp3) is 0.0769. The fourth-order valence-electron chi connectivity index (χ4n) is 2.75. The second-order valence-electron chi connectivity index (χ2n) is 6.54. The van der Waals surface area contributed by atoms with E-state index in [1.165, 1.54) is 0 Å². The van der Waals surface area contributed by atoms with E-state index >= 15 is 0 Å². The maximum atomic E-state index is 7.51. The zero-order valence-corrected chi connectivity index (χ0v) is 17.6. The van der Waals surface area contributed by atoms with Crippen LogP contribution in [0.3, 0.4) is 0 Å². The lowest BCUT2D eigenvalue weighted by atomic mass is 10.1. The quantitative estimate of drug-likeness (QED) is 0.296. The number of nitrogens with zero attached hydrogens (tertiary/aromatic N) is 2. The molecule has 0 aliphatic rings. The highest BCUT2D eigenvalue weighted by Crippen LogP contribution is 2.23. The molecule has 0 spiro atoms. The number of halogens is 1. The predicted molar refractivity (Wildman–Crippen MR) is 124 cm³/mol. The average molecular weight is 427 g/mol. The highest BCUT2D eigenvalue weighted by Gasteiger charge is 2.07. The molecule has 31 heavy (non-hydrogen) atoms. The van der Waals surface area contributed by atoms with Gasteiger partial charge < -0.3 is 9.47 Å². The van der Waals surface area contributed by atoms with E-state index in [2.05, 4.69) is 9.69 Å². The van der Waals surface area contributed by atoms with Gasteiger partial charge in [0.25, 0.3) is 0 Å². The molecule has 0 aromatic heterocycles. The Hall–Kier alpha value is -3.99. The van der Waals surface area contributed by atoms with Crippen LogP contribution in [-0.2, 0) is 6.61 Å². The van der Waals surface area contributed by atoms with Crippen LogP contribution >= 0.6 is 11.6 Å². The van der Waals surface area contributed by atoms with Crippen molar-refractivity contribution in [2.45, 2.75) is 6.61 Å². The number of rotatable bonds is 7. The van der Waals surface area contributed by atoms with E-state index in [9.17, 15) is 0 Å². The van der Waals surface area contributed by atoms with Crippen LogP contribution in [0, 0.1) is 13.1 Å². The third kappa shape index (κ3) is 6.24. The minimum Gasteiger partial charge on any atom is -0.497 e. The van der Waals surface area contributed by atoms with Gasteiger partial charge in [0.15, 0.2) is 11.4 Å². The van der Waals surface area contributed by atoms with Gasteiger partial charge in [0.05, 0.1) is 20.3 Å². The van der Waals surface area contributed by atoms with E-state index < -0.39 is 0 Å². The topological polar surface area (TPSA) is 27.2 Å². The maximum absolute atomic E-state index is 7.51. The van der Waals surface area contributed by atoms with Gasteiger partial charge in [-0.3, -0.25) is 9.69 Å². The summed E-state index contributed by atoms with van der Waals surface area (Å²) in [5.41, 5.74) is 3.22. The minimum atomic E-state index is 0.278. The Kier molecular flexibility index (Phi) is 7.49. The summed E-state index contributed by atoms with van der Waals surface area (Å²) >= 11 is 5.90. The molecule has 0 aliphatic heterocycles. The van der Waals surface area contributed by atoms with E-state index in [-0.39, 0.29) is 11.4 Å². The molecule has 0 N–H and O–H groups in total. The molecule has 0 heterocycles. The van der Waals surface area contributed by atoms with Gasteiger partial charge in [-0.2, -0.15) is 0 Å². The lowest BCUT2D eigenvalue weighted by Crippen LogP contribution is -1.94. The van der Waals surface area contributed by atoms with Gasteiger partial charge in [0.1, 0.15) is 18.1 Å². The Morgan fingerprint density at radius 3 is 1.71 bits per heavy atom. The Morgan fingerprint density at radius 2 is 1.26 bits per heavy atom.